The van der Waals surface area contributed by atoms with Gasteiger partial charge >= 0.3 is 6.09 Å². The summed E-state index contributed by atoms with van der Waals surface area (Å²) in [6.07, 6.45) is 3.62. The Labute approximate surface area is 106 Å². The molecule has 1 N–H and O–H groups in total. The molecule has 1 aromatic heterocycles. The number of hydrogen-bond acceptors (Lipinski definition) is 4. The molecule has 1 heterocycles. The first-order valence-corrected chi connectivity index (χ1v) is 5.73. The maximum absolute atomic E-state index is 11.7. The minimum absolute atomic E-state index is 0.179. The van der Waals surface area contributed by atoms with Crippen LogP contribution in [0.4, 0.5) is 4.79 Å². The zero-order chi connectivity index (χ0) is 13.8. The fourth-order valence-electron chi connectivity index (χ4n) is 1.50. The fraction of sp³-hybridized carbons (Fsp3) is 0.583. The second-order valence-corrected chi connectivity index (χ2v) is 5.03. The van der Waals surface area contributed by atoms with Crippen LogP contribution in [0.15, 0.2) is 12.5 Å². The van der Waals surface area contributed by atoms with Crippen molar-refractivity contribution in [2.45, 2.75) is 38.8 Å². The summed E-state index contributed by atoms with van der Waals surface area (Å²) < 4.78 is 6.91. The van der Waals surface area contributed by atoms with Crippen molar-refractivity contribution in [3.8, 4) is 0 Å². The topological polar surface area (TPSA) is 73.2 Å². The smallest absolute Gasteiger partial charge is 0.408 e. The quantitative estimate of drug-likeness (QED) is 0.827. The Morgan fingerprint density at radius 2 is 2.28 bits per heavy atom. The van der Waals surface area contributed by atoms with E-state index in [-0.39, 0.29) is 6.42 Å². The van der Waals surface area contributed by atoms with Gasteiger partial charge in [-0.3, -0.25) is 0 Å². The summed E-state index contributed by atoms with van der Waals surface area (Å²) in [6.45, 7) is 5.35. The van der Waals surface area contributed by atoms with E-state index in [9.17, 15) is 9.59 Å². The SMILES string of the molecule is Cn1cncc1[C@@H](CC=O)NC(=O)OC(C)(C)C. The summed E-state index contributed by atoms with van der Waals surface area (Å²) in [5.74, 6) is 0. The number of nitrogens with one attached hydrogen (secondary N) is 1. The molecule has 0 bridgehead atoms. The largest absolute Gasteiger partial charge is 0.444 e. The highest BCUT2D eigenvalue weighted by Gasteiger charge is 2.21. The van der Waals surface area contributed by atoms with Gasteiger partial charge in [0.1, 0.15) is 11.9 Å². The van der Waals surface area contributed by atoms with Crippen molar-refractivity contribution < 1.29 is 14.3 Å². The van der Waals surface area contributed by atoms with E-state index in [4.69, 9.17) is 4.74 Å². The van der Waals surface area contributed by atoms with Crippen LogP contribution in [0, 0.1) is 0 Å². The number of hydrogen-bond donors (Lipinski definition) is 1. The average Bonchev–Trinajstić information content (AvgIpc) is 2.60. The third-order valence-electron chi connectivity index (χ3n) is 2.23. The number of carbonyl (C=O) groups is 2. The highest BCUT2D eigenvalue weighted by Crippen LogP contribution is 2.16. The molecule has 100 valence electrons. The van der Waals surface area contributed by atoms with E-state index in [0.29, 0.717) is 0 Å². The number of rotatable bonds is 4. The van der Waals surface area contributed by atoms with Crippen LogP contribution in [-0.2, 0) is 16.6 Å². The lowest BCUT2D eigenvalue weighted by atomic mass is 10.1. The van der Waals surface area contributed by atoms with Gasteiger partial charge in [-0.05, 0) is 20.8 Å². The molecule has 1 aromatic rings. The van der Waals surface area contributed by atoms with Gasteiger partial charge in [0.15, 0.2) is 0 Å². The molecule has 6 nitrogen and oxygen atoms in total. The highest BCUT2D eigenvalue weighted by molar-refractivity contribution is 5.69. The summed E-state index contributed by atoms with van der Waals surface area (Å²) in [4.78, 5) is 26.3. The molecule has 0 aliphatic heterocycles. The molecule has 0 spiro atoms. The average molecular weight is 253 g/mol. The molecule has 0 radical (unpaired) electrons. The van der Waals surface area contributed by atoms with Gasteiger partial charge in [0.2, 0.25) is 0 Å². The van der Waals surface area contributed by atoms with Gasteiger partial charge in [-0.25, -0.2) is 9.78 Å². The number of amides is 1. The minimum atomic E-state index is -0.567. The molecule has 1 atom stereocenters. The number of alkyl carbamates (subject to hydrolysis) is 1. The van der Waals surface area contributed by atoms with E-state index in [1.807, 2.05) is 0 Å². The van der Waals surface area contributed by atoms with Crippen molar-refractivity contribution in [2.75, 3.05) is 0 Å². The number of ether oxygens (including phenoxy) is 1. The molecule has 1 amide bonds. The predicted octanol–water partition coefficient (Wildman–Crippen LogP) is 1.57. The molecule has 0 saturated heterocycles. The molecule has 0 aliphatic rings. The summed E-state index contributed by atoms with van der Waals surface area (Å²) in [6, 6.07) is -0.426. The zero-order valence-corrected chi connectivity index (χ0v) is 11.1. The van der Waals surface area contributed by atoms with E-state index in [1.54, 1.807) is 44.9 Å². The van der Waals surface area contributed by atoms with Gasteiger partial charge in [0, 0.05) is 13.5 Å². The van der Waals surface area contributed by atoms with E-state index < -0.39 is 17.7 Å². The van der Waals surface area contributed by atoms with Crippen LogP contribution < -0.4 is 5.32 Å². The molecule has 6 heteroatoms. The molecule has 0 fully saturated rings. The van der Waals surface area contributed by atoms with Crippen molar-refractivity contribution in [3.05, 3.63) is 18.2 Å². The minimum Gasteiger partial charge on any atom is -0.444 e. The summed E-state index contributed by atoms with van der Waals surface area (Å²) in [5.41, 5.74) is 0.190. The zero-order valence-electron chi connectivity index (χ0n) is 11.1. The summed E-state index contributed by atoms with van der Waals surface area (Å²) in [5, 5.41) is 2.66. The van der Waals surface area contributed by atoms with E-state index in [0.717, 1.165) is 12.0 Å². The summed E-state index contributed by atoms with van der Waals surface area (Å²) in [7, 11) is 1.80. The van der Waals surface area contributed by atoms with Crippen molar-refractivity contribution in [2.24, 2.45) is 7.05 Å². The Bertz CT molecular complexity index is 420. The van der Waals surface area contributed by atoms with Gasteiger partial charge in [-0.15, -0.1) is 0 Å². The number of imidazole rings is 1. The highest BCUT2D eigenvalue weighted by atomic mass is 16.6. The second kappa shape index (κ2) is 5.66. The van der Waals surface area contributed by atoms with E-state index in [2.05, 4.69) is 10.3 Å². The first-order chi connectivity index (χ1) is 8.33. The molecule has 1 rings (SSSR count). The van der Waals surface area contributed by atoms with Gasteiger partial charge < -0.3 is 19.4 Å². The van der Waals surface area contributed by atoms with Crippen LogP contribution in [-0.4, -0.2) is 27.5 Å². The maximum Gasteiger partial charge on any atom is 0.408 e. The van der Waals surface area contributed by atoms with Gasteiger partial charge in [0.05, 0.1) is 24.3 Å². The molecule has 0 unspecified atom stereocenters. The predicted molar refractivity (Wildman–Crippen MR) is 66.0 cm³/mol. The molecule has 0 aromatic carbocycles. The Balaban J connectivity index is 2.73. The van der Waals surface area contributed by atoms with Gasteiger partial charge in [0.25, 0.3) is 0 Å². The molecule has 0 saturated carbocycles. The number of carbonyl (C=O) groups excluding carboxylic acids is 2. The lowest BCUT2D eigenvalue weighted by Gasteiger charge is -2.23. The Kier molecular flexibility index (Phi) is 4.47. The normalized spacial score (nSPS) is 12.9. The van der Waals surface area contributed by atoms with Gasteiger partial charge in [-0.1, -0.05) is 0 Å². The monoisotopic (exact) mass is 253 g/mol. The van der Waals surface area contributed by atoms with Crippen LogP contribution in [0.3, 0.4) is 0 Å². The number of aromatic nitrogens is 2. The second-order valence-electron chi connectivity index (χ2n) is 5.03. The third-order valence-corrected chi connectivity index (χ3v) is 2.23. The van der Waals surface area contributed by atoms with Crippen LogP contribution in [0.2, 0.25) is 0 Å². The van der Waals surface area contributed by atoms with Crippen molar-refractivity contribution >= 4 is 12.4 Å². The van der Waals surface area contributed by atoms with Crippen molar-refractivity contribution in [1.82, 2.24) is 14.9 Å². The number of aldehydes is 1. The molecule has 0 aliphatic carbocycles. The van der Waals surface area contributed by atoms with Crippen LogP contribution in [0.5, 0.6) is 0 Å². The lowest BCUT2D eigenvalue weighted by molar-refractivity contribution is -0.108. The van der Waals surface area contributed by atoms with E-state index >= 15 is 0 Å². The maximum atomic E-state index is 11.7. The molecular formula is C12H19N3O3. The lowest BCUT2D eigenvalue weighted by Crippen LogP contribution is -2.35. The van der Waals surface area contributed by atoms with Crippen LogP contribution in [0.25, 0.3) is 0 Å². The molecular weight excluding hydrogens is 234 g/mol. The van der Waals surface area contributed by atoms with Crippen molar-refractivity contribution in [1.29, 1.82) is 0 Å². The fourth-order valence-corrected chi connectivity index (χ4v) is 1.50. The van der Waals surface area contributed by atoms with Crippen LogP contribution in [0.1, 0.15) is 38.9 Å². The Hall–Kier alpha value is -1.85. The third kappa shape index (κ3) is 4.20. The van der Waals surface area contributed by atoms with Gasteiger partial charge in [-0.2, -0.15) is 0 Å². The summed E-state index contributed by atoms with van der Waals surface area (Å²) >= 11 is 0. The first kappa shape index (κ1) is 14.2. The first-order valence-electron chi connectivity index (χ1n) is 5.73. The Morgan fingerprint density at radius 3 is 2.72 bits per heavy atom. The standard InChI is InChI=1S/C12H19N3O3/c1-12(2,3)18-11(17)14-9(5-6-16)10-7-13-8-15(10)4/h6-9H,5H2,1-4H3,(H,14,17)/t9-/m1/s1. The van der Waals surface area contributed by atoms with Crippen molar-refractivity contribution in [3.63, 3.8) is 0 Å². The Morgan fingerprint density at radius 1 is 1.61 bits per heavy atom. The van der Waals surface area contributed by atoms with Crippen LogP contribution >= 0.6 is 0 Å². The number of aryl methyl sites for hydroxylation is 1. The van der Waals surface area contributed by atoms with E-state index in [1.165, 1.54) is 0 Å². The molecule has 18 heavy (non-hydrogen) atoms. The number of nitrogens with zero attached hydrogens (tertiary/aromatic N) is 2.